The minimum Gasteiger partial charge on any atom is -0.342 e. The summed E-state index contributed by atoms with van der Waals surface area (Å²) >= 11 is 1.38. The molecular formula is C20H24FN3O2S. The van der Waals surface area contributed by atoms with E-state index in [4.69, 9.17) is 0 Å². The van der Waals surface area contributed by atoms with Gasteiger partial charge in [0, 0.05) is 30.1 Å². The number of nitrogens with one attached hydrogen (secondary N) is 1. The van der Waals surface area contributed by atoms with E-state index < -0.39 is 0 Å². The van der Waals surface area contributed by atoms with Gasteiger partial charge in [-0.05, 0) is 37.5 Å². The zero-order valence-corrected chi connectivity index (χ0v) is 16.3. The predicted molar refractivity (Wildman–Crippen MR) is 104 cm³/mol. The smallest absolute Gasteiger partial charge is 0.255 e. The van der Waals surface area contributed by atoms with Crippen molar-refractivity contribution >= 4 is 17.7 Å². The van der Waals surface area contributed by atoms with Gasteiger partial charge in [0.2, 0.25) is 5.91 Å². The normalized spacial score (nSPS) is 14.8. The molecule has 1 aromatic heterocycles. The third-order valence-electron chi connectivity index (χ3n) is 4.78. The third-order valence-corrected chi connectivity index (χ3v) is 5.72. The van der Waals surface area contributed by atoms with Gasteiger partial charge in [0.25, 0.3) is 5.56 Å². The number of carbonyl (C=O) groups excluding carboxylic acids is 1. The molecule has 1 N–H and O–H groups in total. The lowest BCUT2D eigenvalue weighted by Gasteiger charge is -2.20. The Morgan fingerprint density at radius 2 is 1.85 bits per heavy atom. The number of rotatable bonds is 5. The van der Waals surface area contributed by atoms with E-state index in [2.05, 4.69) is 9.97 Å². The molecule has 0 unspecified atom stereocenters. The average molecular weight is 389 g/mol. The number of halogens is 1. The van der Waals surface area contributed by atoms with Crippen molar-refractivity contribution in [2.75, 3.05) is 13.1 Å². The van der Waals surface area contributed by atoms with E-state index in [1.807, 2.05) is 4.90 Å². The van der Waals surface area contributed by atoms with Crippen molar-refractivity contribution in [3.8, 4) is 0 Å². The third kappa shape index (κ3) is 5.42. The highest BCUT2D eigenvalue weighted by Crippen LogP contribution is 2.19. The van der Waals surface area contributed by atoms with Crippen LogP contribution >= 0.6 is 11.8 Å². The molecule has 2 aromatic rings. The molecule has 144 valence electrons. The number of amides is 1. The highest BCUT2D eigenvalue weighted by molar-refractivity contribution is 7.98. The van der Waals surface area contributed by atoms with Gasteiger partial charge in [-0.25, -0.2) is 9.37 Å². The summed E-state index contributed by atoms with van der Waals surface area (Å²) in [5, 5.41) is 0.507. The first kappa shape index (κ1) is 19.6. The molecule has 0 atom stereocenters. The standard InChI is InChI=1S/C20H24FN3O2S/c1-14-17(12-18(25)24-10-4-2-3-5-11-24)19(26)23-20(22-14)27-13-15-6-8-16(21)9-7-15/h6-9H,2-5,10-13H2,1H3,(H,22,23,26). The van der Waals surface area contributed by atoms with Crippen LogP contribution in [0.25, 0.3) is 0 Å². The van der Waals surface area contributed by atoms with Crippen molar-refractivity contribution in [1.82, 2.24) is 14.9 Å². The molecule has 1 fully saturated rings. The minimum absolute atomic E-state index is 0.000912. The minimum atomic E-state index is -0.274. The van der Waals surface area contributed by atoms with Gasteiger partial charge in [-0.1, -0.05) is 36.7 Å². The maximum Gasteiger partial charge on any atom is 0.255 e. The van der Waals surface area contributed by atoms with Gasteiger partial charge in [0.15, 0.2) is 5.16 Å². The number of benzene rings is 1. The summed E-state index contributed by atoms with van der Waals surface area (Å²) in [5.74, 6) is 0.304. The fourth-order valence-electron chi connectivity index (χ4n) is 3.18. The molecule has 1 saturated heterocycles. The summed E-state index contributed by atoms with van der Waals surface area (Å²) in [6, 6.07) is 6.24. The van der Waals surface area contributed by atoms with Gasteiger partial charge < -0.3 is 9.88 Å². The lowest BCUT2D eigenvalue weighted by molar-refractivity contribution is -0.130. The quantitative estimate of drug-likeness (QED) is 0.628. The van der Waals surface area contributed by atoms with Crippen LogP contribution < -0.4 is 5.56 Å². The summed E-state index contributed by atoms with van der Waals surface area (Å²) in [7, 11) is 0. The Morgan fingerprint density at radius 3 is 2.48 bits per heavy atom. The zero-order chi connectivity index (χ0) is 19.2. The van der Waals surface area contributed by atoms with Crippen LogP contribution in [0.5, 0.6) is 0 Å². The van der Waals surface area contributed by atoms with Crippen molar-refractivity contribution in [1.29, 1.82) is 0 Å². The maximum absolute atomic E-state index is 13.0. The SMILES string of the molecule is Cc1nc(SCc2ccc(F)cc2)[nH]c(=O)c1CC(=O)N1CCCCCC1. The number of nitrogens with zero attached hydrogens (tertiary/aromatic N) is 2. The number of thioether (sulfide) groups is 1. The predicted octanol–water partition coefficient (Wildman–Crippen LogP) is 3.45. The van der Waals surface area contributed by atoms with Crippen molar-refractivity contribution in [3.05, 3.63) is 57.3 Å². The Bertz CT molecular complexity index is 843. The van der Waals surface area contributed by atoms with E-state index in [9.17, 15) is 14.0 Å². The van der Waals surface area contributed by atoms with E-state index in [0.29, 0.717) is 22.2 Å². The Morgan fingerprint density at radius 1 is 1.19 bits per heavy atom. The van der Waals surface area contributed by atoms with E-state index in [-0.39, 0.29) is 23.7 Å². The van der Waals surface area contributed by atoms with Gasteiger partial charge in [0.1, 0.15) is 5.82 Å². The first-order chi connectivity index (χ1) is 13.0. The van der Waals surface area contributed by atoms with Crippen molar-refractivity contribution in [2.24, 2.45) is 0 Å². The topological polar surface area (TPSA) is 66.1 Å². The molecule has 0 bridgehead atoms. The molecule has 1 aliphatic rings. The first-order valence-corrected chi connectivity index (χ1v) is 10.3. The van der Waals surface area contributed by atoms with Crippen LogP contribution in [0.2, 0.25) is 0 Å². The molecule has 0 saturated carbocycles. The molecule has 1 aliphatic heterocycles. The number of likely N-dealkylation sites (tertiary alicyclic amines) is 1. The van der Waals surface area contributed by atoms with Crippen LogP contribution in [0.15, 0.2) is 34.2 Å². The van der Waals surface area contributed by atoms with Crippen LogP contribution in [0.3, 0.4) is 0 Å². The lowest BCUT2D eigenvalue weighted by atomic mass is 10.1. The van der Waals surface area contributed by atoms with Crippen molar-refractivity contribution in [2.45, 2.75) is 49.9 Å². The molecule has 2 heterocycles. The average Bonchev–Trinajstić information content (AvgIpc) is 2.93. The number of aromatic nitrogens is 2. The van der Waals surface area contributed by atoms with E-state index in [1.54, 1.807) is 19.1 Å². The van der Waals surface area contributed by atoms with Crippen LogP contribution in [0, 0.1) is 12.7 Å². The monoisotopic (exact) mass is 389 g/mol. The molecular weight excluding hydrogens is 365 g/mol. The fraction of sp³-hybridized carbons (Fsp3) is 0.450. The second-order valence-corrected chi connectivity index (χ2v) is 7.79. The zero-order valence-electron chi connectivity index (χ0n) is 15.5. The van der Waals surface area contributed by atoms with E-state index in [1.165, 1.54) is 23.9 Å². The molecule has 7 heteroatoms. The number of carbonyl (C=O) groups is 1. The fourth-order valence-corrected chi connectivity index (χ4v) is 4.04. The van der Waals surface area contributed by atoms with Crippen molar-refractivity contribution < 1.29 is 9.18 Å². The number of hydrogen-bond acceptors (Lipinski definition) is 4. The Kier molecular flexibility index (Phi) is 6.66. The van der Waals surface area contributed by atoms with E-state index in [0.717, 1.165) is 44.3 Å². The summed E-state index contributed by atoms with van der Waals surface area (Å²) in [4.78, 5) is 34.1. The van der Waals surface area contributed by atoms with Crippen LogP contribution in [-0.2, 0) is 17.0 Å². The molecule has 5 nitrogen and oxygen atoms in total. The highest BCUT2D eigenvalue weighted by Gasteiger charge is 2.19. The second kappa shape index (κ2) is 9.17. The van der Waals surface area contributed by atoms with Gasteiger partial charge in [0.05, 0.1) is 6.42 Å². The van der Waals surface area contributed by atoms with Crippen LogP contribution in [-0.4, -0.2) is 33.9 Å². The maximum atomic E-state index is 13.0. The number of H-pyrrole nitrogens is 1. The van der Waals surface area contributed by atoms with Gasteiger partial charge >= 0.3 is 0 Å². The number of aromatic amines is 1. The van der Waals surface area contributed by atoms with Gasteiger partial charge in [-0.15, -0.1) is 0 Å². The van der Waals surface area contributed by atoms with Crippen molar-refractivity contribution in [3.63, 3.8) is 0 Å². The molecule has 27 heavy (non-hydrogen) atoms. The van der Waals surface area contributed by atoms with Gasteiger partial charge in [-0.3, -0.25) is 9.59 Å². The highest BCUT2D eigenvalue weighted by atomic mass is 32.2. The van der Waals surface area contributed by atoms with E-state index >= 15 is 0 Å². The molecule has 3 rings (SSSR count). The molecule has 0 aliphatic carbocycles. The molecule has 1 amide bonds. The van der Waals surface area contributed by atoms with Crippen LogP contribution in [0.1, 0.15) is 42.5 Å². The number of aryl methyl sites for hydroxylation is 1. The Hall–Kier alpha value is -2.15. The van der Waals surface area contributed by atoms with Crippen LogP contribution in [0.4, 0.5) is 4.39 Å². The summed E-state index contributed by atoms with van der Waals surface area (Å²) in [6.45, 7) is 3.31. The Labute approximate surface area is 162 Å². The number of hydrogen-bond donors (Lipinski definition) is 1. The lowest BCUT2D eigenvalue weighted by Crippen LogP contribution is -2.35. The summed E-state index contributed by atoms with van der Waals surface area (Å²) < 4.78 is 13.0. The summed E-state index contributed by atoms with van der Waals surface area (Å²) in [5.41, 5.74) is 1.72. The van der Waals surface area contributed by atoms with Gasteiger partial charge in [-0.2, -0.15) is 0 Å². The molecule has 1 aromatic carbocycles. The largest absolute Gasteiger partial charge is 0.342 e. The molecule has 0 spiro atoms. The molecule has 0 radical (unpaired) electrons. The second-order valence-electron chi connectivity index (χ2n) is 6.82. The Balaban J connectivity index is 1.66. The summed E-state index contributed by atoms with van der Waals surface area (Å²) in [6.07, 6.45) is 4.46. The first-order valence-electron chi connectivity index (χ1n) is 9.28.